The predicted molar refractivity (Wildman–Crippen MR) is 104 cm³/mol. The predicted octanol–water partition coefficient (Wildman–Crippen LogP) is 3.01. The Morgan fingerprint density at radius 1 is 1.07 bits per heavy atom. The Morgan fingerprint density at radius 2 is 1.89 bits per heavy atom. The minimum absolute atomic E-state index is 0.156. The lowest BCUT2D eigenvalue weighted by atomic mass is 10.1. The summed E-state index contributed by atoms with van der Waals surface area (Å²) in [6.07, 6.45) is 1.92. The molecule has 0 fully saturated rings. The fourth-order valence-corrected chi connectivity index (χ4v) is 3.05. The molecule has 136 valence electrons. The summed E-state index contributed by atoms with van der Waals surface area (Å²) < 4.78 is 7.82. The van der Waals surface area contributed by atoms with Crippen LogP contribution in [0, 0.1) is 0 Å². The van der Waals surface area contributed by atoms with E-state index in [1.54, 1.807) is 6.92 Å². The molecule has 0 spiro atoms. The van der Waals surface area contributed by atoms with Gasteiger partial charge in [-0.1, -0.05) is 42.5 Å². The molecule has 1 amide bonds. The van der Waals surface area contributed by atoms with Gasteiger partial charge in [0, 0.05) is 24.5 Å². The van der Waals surface area contributed by atoms with Crippen LogP contribution in [0.15, 0.2) is 66.9 Å². The van der Waals surface area contributed by atoms with Crippen LogP contribution in [-0.2, 0) is 11.2 Å². The van der Waals surface area contributed by atoms with Gasteiger partial charge in [-0.25, -0.2) is 0 Å². The van der Waals surface area contributed by atoms with Crippen LogP contribution in [0.3, 0.4) is 0 Å². The number of rotatable bonds is 6. The monoisotopic (exact) mass is 360 g/mol. The van der Waals surface area contributed by atoms with Gasteiger partial charge in [0.05, 0.1) is 0 Å². The van der Waals surface area contributed by atoms with E-state index in [4.69, 9.17) is 4.74 Å². The van der Waals surface area contributed by atoms with E-state index in [1.807, 2.05) is 71.3 Å². The number of ether oxygens (including phenoxy) is 1. The highest BCUT2D eigenvalue weighted by Crippen LogP contribution is 2.26. The van der Waals surface area contributed by atoms with Gasteiger partial charge in [-0.15, -0.1) is 10.2 Å². The molecule has 27 heavy (non-hydrogen) atoms. The van der Waals surface area contributed by atoms with Gasteiger partial charge >= 0.3 is 0 Å². The minimum Gasteiger partial charge on any atom is -0.480 e. The highest BCUT2D eigenvalue weighted by Gasteiger charge is 2.16. The maximum absolute atomic E-state index is 12.4. The molecule has 0 saturated carbocycles. The molecule has 1 unspecified atom stereocenters. The zero-order valence-electron chi connectivity index (χ0n) is 15.0. The molecular formula is C21H20N4O2. The molecule has 0 saturated heterocycles. The first kappa shape index (κ1) is 17.0. The van der Waals surface area contributed by atoms with Gasteiger partial charge in [0.2, 0.25) is 0 Å². The number of nitrogens with one attached hydrogen (secondary N) is 1. The highest BCUT2D eigenvalue weighted by atomic mass is 16.5. The molecule has 6 nitrogen and oxygen atoms in total. The van der Waals surface area contributed by atoms with E-state index in [1.165, 1.54) is 0 Å². The number of aromatic nitrogens is 3. The second kappa shape index (κ2) is 7.45. The first-order chi connectivity index (χ1) is 13.2. The van der Waals surface area contributed by atoms with Crippen LogP contribution in [0.5, 0.6) is 5.75 Å². The molecular weight excluding hydrogens is 340 g/mol. The molecule has 0 radical (unpaired) electrons. The lowest BCUT2D eigenvalue weighted by molar-refractivity contribution is -0.127. The van der Waals surface area contributed by atoms with Crippen LogP contribution in [-0.4, -0.2) is 33.2 Å². The number of nitrogens with zero attached hydrogens (tertiary/aromatic N) is 3. The van der Waals surface area contributed by atoms with Crippen LogP contribution >= 0.6 is 0 Å². The van der Waals surface area contributed by atoms with E-state index >= 15 is 0 Å². The van der Waals surface area contributed by atoms with E-state index in [0.717, 1.165) is 22.2 Å². The van der Waals surface area contributed by atoms with Gasteiger partial charge in [-0.05, 0) is 30.5 Å². The molecule has 2 heterocycles. The van der Waals surface area contributed by atoms with Gasteiger partial charge < -0.3 is 10.1 Å². The van der Waals surface area contributed by atoms with E-state index in [-0.39, 0.29) is 5.91 Å². The van der Waals surface area contributed by atoms with Crippen molar-refractivity contribution < 1.29 is 9.53 Å². The molecule has 1 N–H and O–H groups in total. The lowest BCUT2D eigenvalue weighted by Gasteiger charge is -2.16. The van der Waals surface area contributed by atoms with Crippen molar-refractivity contribution in [2.45, 2.75) is 19.4 Å². The van der Waals surface area contributed by atoms with Crippen molar-refractivity contribution >= 4 is 22.3 Å². The largest absolute Gasteiger partial charge is 0.480 e. The molecule has 0 bridgehead atoms. The zero-order chi connectivity index (χ0) is 18.6. The van der Waals surface area contributed by atoms with Crippen molar-refractivity contribution in [2.75, 3.05) is 6.54 Å². The molecule has 0 aliphatic carbocycles. The van der Waals surface area contributed by atoms with E-state index in [2.05, 4.69) is 15.5 Å². The smallest absolute Gasteiger partial charge is 0.260 e. The first-order valence-electron chi connectivity index (χ1n) is 8.93. The van der Waals surface area contributed by atoms with Crippen LogP contribution in [0.25, 0.3) is 16.4 Å². The summed E-state index contributed by atoms with van der Waals surface area (Å²) in [5.74, 6) is 1.37. The third-order valence-electron chi connectivity index (χ3n) is 4.45. The van der Waals surface area contributed by atoms with E-state index < -0.39 is 6.10 Å². The Labute approximate surface area is 156 Å². The van der Waals surface area contributed by atoms with Gasteiger partial charge in [0.1, 0.15) is 11.6 Å². The number of fused-ring (bicyclic) bond motifs is 2. The van der Waals surface area contributed by atoms with Gasteiger partial charge in [0.15, 0.2) is 11.8 Å². The number of pyridine rings is 1. The van der Waals surface area contributed by atoms with Crippen molar-refractivity contribution in [1.82, 2.24) is 19.9 Å². The maximum Gasteiger partial charge on any atom is 0.260 e. The van der Waals surface area contributed by atoms with Gasteiger partial charge in [-0.2, -0.15) is 0 Å². The molecule has 2 aromatic heterocycles. The minimum atomic E-state index is -0.592. The molecule has 4 rings (SSSR count). The first-order valence-corrected chi connectivity index (χ1v) is 8.93. The van der Waals surface area contributed by atoms with Crippen LogP contribution in [0.1, 0.15) is 12.7 Å². The summed E-state index contributed by atoms with van der Waals surface area (Å²) in [7, 11) is 0. The van der Waals surface area contributed by atoms with Gasteiger partial charge in [-0.3, -0.25) is 9.20 Å². The summed E-state index contributed by atoms with van der Waals surface area (Å²) in [6.45, 7) is 2.22. The van der Waals surface area contributed by atoms with Crippen molar-refractivity contribution in [3.8, 4) is 5.75 Å². The van der Waals surface area contributed by atoms with E-state index in [0.29, 0.717) is 18.7 Å². The summed E-state index contributed by atoms with van der Waals surface area (Å²) in [5.41, 5.74) is 0.798. The van der Waals surface area contributed by atoms with Crippen molar-refractivity contribution in [3.05, 3.63) is 72.7 Å². The number of carbonyl (C=O) groups is 1. The van der Waals surface area contributed by atoms with Gasteiger partial charge in [0.25, 0.3) is 5.91 Å². The Morgan fingerprint density at radius 3 is 2.81 bits per heavy atom. The average Bonchev–Trinajstić information content (AvgIpc) is 3.11. The standard InChI is InChI=1S/C21H20N4O2/c1-15(27-18-10-6-8-16-7-2-3-9-17(16)18)21(26)22-13-12-20-24-23-19-11-4-5-14-25(19)20/h2-11,14-15H,12-13H2,1H3,(H,22,26). The normalized spacial score (nSPS) is 12.2. The number of amides is 1. The molecule has 6 heteroatoms. The second-order valence-electron chi connectivity index (χ2n) is 6.32. The molecule has 0 aliphatic rings. The Bertz CT molecular complexity index is 1080. The summed E-state index contributed by atoms with van der Waals surface area (Å²) >= 11 is 0. The zero-order valence-corrected chi connectivity index (χ0v) is 15.0. The topological polar surface area (TPSA) is 68.5 Å². The fourth-order valence-electron chi connectivity index (χ4n) is 3.05. The molecule has 0 aliphatic heterocycles. The SMILES string of the molecule is CC(Oc1cccc2ccccc12)C(=O)NCCc1nnc2ccccn12. The maximum atomic E-state index is 12.4. The van der Waals surface area contributed by atoms with Crippen molar-refractivity contribution in [1.29, 1.82) is 0 Å². The quantitative estimate of drug-likeness (QED) is 0.574. The number of carbonyl (C=O) groups excluding carboxylic acids is 1. The molecule has 1 atom stereocenters. The Hall–Kier alpha value is -3.41. The Kier molecular flexibility index (Phi) is 4.70. The number of hydrogen-bond acceptors (Lipinski definition) is 4. The van der Waals surface area contributed by atoms with Crippen molar-refractivity contribution in [3.63, 3.8) is 0 Å². The Balaban J connectivity index is 1.36. The summed E-state index contributed by atoms with van der Waals surface area (Å²) in [6, 6.07) is 19.5. The van der Waals surface area contributed by atoms with E-state index in [9.17, 15) is 4.79 Å². The highest BCUT2D eigenvalue weighted by molar-refractivity contribution is 5.89. The molecule has 2 aromatic carbocycles. The summed E-state index contributed by atoms with van der Waals surface area (Å²) in [4.78, 5) is 12.4. The average molecular weight is 360 g/mol. The van der Waals surface area contributed by atoms with Crippen LogP contribution in [0.4, 0.5) is 0 Å². The molecule has 4 aromatic rings. The fraction of sp³-hybridized carbons (Fsp3) is 0.190. The number of hydrogen-bond donors (Lipinski definition) is 1. The third kappa shape index (κ3) is 3.60. The van der Waals surface area contributed by atoms with Crippen LogP contribution < -0.4 is 10.1 Å². The summed E-state index contributed by atoms with van der Waals surface area (Å²) in [5, 5.41) is 13.3. The number of benzene rings is 2. The third-order valence-corrected chi connectivity index (χ3v) is 4.45. The second-order valence-corrected chi connectivity index (χ2v) is 6.32. The van der Waals surface area contributed by atoms with Crippen molar-refractivity contribution in [2.24, 2.45) is 0 Å². The van der Waals surface area contributed by atoms with Crippen LogP contribution in [0.2, 0.25) is 0 Å². The lowest BCUT2D eigenvalue weighted by Crippen LogP contribution is -2.37.